The molecule has 1 N–H and O–H groups in total. The molecule has 0 saturated carbocycles. The molecule has 1 nitrogen and oxygen atoms in total. The maximum absolute atomic E-state index is 9.46. The Bertz CT molecular complexity index is 274. The summed E-state index contributed by atoms with van der Waals surface area (Å²) in [5.41, 5.74) is 3.58. The minimum Gasteiger partial charge on any atom is -0.359 e. The van der Waals surface area contributed by atoms with Gasteiger partial charge in [-0.05, 0) is 47.4 Å². The quantitative estimate of drug-likeness (QED) is 0.756. The van der Waals surface area contributed by atoms with Gasteiger partial charge in [0.2, 0.25) is 0 Å². The molecule has 0 heterocycles. The van der Waals surface area contributed by atoms with Crippen molar-refractivity contribution >= 4 is 27.6 Å². The van der Waals surface area contributed by atoms with Gasteiger partial charge in [-0.3, -0.25) is 0 Å². The lowest BCUT2D eigenvalue weighted by atomic mass is 10.1. The standard InChI is InChI=1S/C9H12BrOP/c1-6-4-7(2)9(12(10)11)8(3)5-6/h4-5,11H,1-3H3. The van der Waals surface area contributed by atoms with Crippen LogP contribution in [-0.2, 0) is 0 Å². The summed E-state index contributed by atoms with van der Waals surface area (Å²) in [6.07, 6.45) is 0. The molecule has 0 amide bonds. The van der Waals surface area contributed by atoms with E-state index in [4.69, 9.17) is 0 Å². The Morgan fingerprint density at radius 1 is 1.17 bits per heavy atom. The van der Waals surface area contributed by atoms with Gasteiger partial charge in [-0.2, -0.15) is 0 Å². The van der Waals surface area contributed by atoms with Gasteiger partial charge in [0, 0.05) is 5.30 Å². The van der Waals surface area contributed by atoms with E-state index in [0.29, 0.717) is 0 Å². The molecule has 0 radical (unpaired) electrons. The zero-order valence-electron chi connectivity index (χ0n) is 7.43. The third-order valence-electron chi connectivity index (χ3n) is 1.82. The highest BCUT2D eigenvalue weighted by molar-refractivity contribution is 9.39. The highest BCUT2D eigenvalue weighted by Crippen LogP contribution is 2.39. The molecule has 12 heavy (non-hydrogen) atoms. The highest BCUT2D eigenvalue weighted by atomic mass is 79.9. The molecule has 1 aromatic rings. The molecular formula is C9H12BrOP. The summed E-state index contributed by atoms with van der Waals surface area (Å²) < 4.78 is 0. The first-order chi connectivity index (χ1) is 5.52. The Hall–Kier alpha value is 0.0900. The van der Waals surface area contributed by atoms with Gasteiger partial charge in [-0.25, -0.2) is 0 Å². The largest absolute Gasteiger partial charge is 0.359 e. The molecule has 3 heteroatoms. The number of hydrogen-bond acceptors (Lipinski definition) is 1. The lowest BCUT2D eigenvalue weighted by Crippen LogP contribution is -2.07. The van der Waals surface area contributed by atoms with Crippen LogP contribution < -0.4 is 5.30 Å². The highest BCUT2D eigenvalue weighted by Gasteiger charge is 2.10. The lowest BCUT2D eigenvalue weighted by Gasteiger charge is -2.11. The Balaban J connectivity index is 3.28. The van der Waals surface area contributed by atoms with E-state index in [9.17, 15) is 4.89 Å². The fraction of sp³-hybridized carbons (Fsp3) is 0.333. The van der Waals surface area contributed by atoms with E-state index in [1.165, 1.54) is 5.56 Å². The van der Waals surface area contributed by atoms with Crippen LogP contribution in [0.2, 0.25) is 0 Å². The molecule has 0 bridgehead atoms. The van der Waals surface area contributed by atoms with Gasteiger partial charge in [-0.1, -0.05) is 17.7 Å². The summed E-state index contributed by atoms with van der Waals surface area (Å²) in [7, 11) is 0. The zero-order valence-corrected chi connectivity index (χ0v) is 9.91. The molecule has 0 fully saturated rings. The monoisotopic (exact) mass is 246 g/mol. The van der Waals surface area contributed by atoms with Crippen molar-refractivity contribution < 1.29 is 4.89 Å². The van der Waals surface area contributed by atoms with Gasteiger partial charge >= 0.3 is 0 Å². The van der Waals surface area contributed by atoms with Gasteiger partial charge < -0.3 is 4.89 Å². The first-order valence-electron chi connectivity index (χ1n) is 3.75. The van der Waals surface area contributed by atoms with Gasteiger partial charge in [0.25, 0.3) is 0 Å². The van der Waals surface area contributed by atoms with Crippen LogP contribution in [0.3, 0.4) is 0 Å². The molecular weight excluding hydrogens is 235 g/mol. The molecule has 0 aliphatic carbocycles. The third-order valence-corrected chi connectivity index (χ3v) is 3.96. The maximum atomic E-state index is 9.46. The Labute approximate surface area is 82.4 Å². The summed E-state index contributed by atoms with van der Waals surface area (Å²) in [5, 5.41) is 1.05. The van der Waals surface area contributed by atoms with Gasteiger partial charge in [0.1, 0.15) is 6.85 Å². The average molecular weight is 247 g/mol. The summed E-state index contributed by atoms with van der Waals surface area (Å²) in [4.78, 5) is 9.46. The molecule has 0 aliphatic rings. The van der Waals surface area contributed by atoms with Crippen molar-refractivity contribution in [2.45, 2.75) is 20.8 Å². The molecule has 0 saturated heterocycles. The topological polar surface area (TPSA) is 20.2 Å². The van der Waals surface area contributed by atoms with Crippen molar-refractivity contribution in [3.8, 4) is 0 Å². The fourth-order valence-corrected chi connectivity index (χ4v) is 3.85. The van der Waals surface area contributed by atoms with Gasteiger partial charge in [0.05, 0.1) is 0 Å². The molecule has 0 aliphatic heterocycles. The first kappa shape index (κ1) is 10.2. The van der Waals surface area contributed by atoms with E-state index in [0.717, 1.165) is 16.4 Å². The molecule has 66 valence electrons. The first-order valence-corrected chi connectivity index (χ1v) is 7.06. The van der Waals surface area contributed by atoms with Crippen LogP contribution in [0.1, 0.15) is 16.7 Å². The van der Waals surface area contributed by atoms with Gasteiger partial charge in [-0.15, -0.1) is 0 Å². The van der Waals surface area contributed by atoms with Crippen LogP contribution in [0.5, 0.6) is 0 Å². The number of aryl methyl sites for hydroxylation is 3. The van der Waals surface area contributed by atoms with Crippen LogP contribution >= 0.6 is 22.3 Å². The van der Waals surface area contributed by atoms with E-state index in [2.05, 4.69) is 34.5 Å². The van der Waals surface area contributed by atoms with Crippen LogP contribution in [0.25, 0.3) is 0 Å². The minimum atomic E-state index is -1.14. The lowest BCUT2D eigenvalue weighted by molar-refractivity contribution is 0.651. The molecule has 1 unspecified atom stereocenters. The molecule has 0 aromatic heterocycles. The van der Waals surface area contributed by atoms with Gasteiger partial charge in [0.15, 0.2) is 0 Å². The van der Waals surface area contributed by atoms with Crippen LogP contribution in [0.15, 0.2) is 12.1 Å². The summed E-state index contributed by atoms with van der Waals surface area (Å²) in [6, 6.07) is 4.18. The van der Waals surface area contributed by atoms with Crippen molar-refractivity contribution in [2.24, 2.45) is 0 Å². The molecule has 1 aromatic carbocycles. The summed E-state index contributed by atoms with van der Waals surface area (Å²) >= 11 is 3.23. The summed E-state index contributed by atoms with van der Waals surface area (Å²) in [6.45, 7) is 4.99. The second-order valence-corrected chi connectivity index (χ2v) is 5.99. The number of rotatable bonds is 1. The predicted octanol–water partition coefficient (Wildman–Crippen LogP) is 2.94. The molecule has 0 spiro atoms. The van der Waals surface area contributed by atoms with Crippen LogP contribution in [0, 0.1) is 20.8 Å². The second kappa shape index (κ2) is 3.87. The van der Waals surface area contributed by atoms with Crippen molar-refractivity contribution in [3.63, 3.8) is 0 Å². The van der Waals surface area contributed by atoms with Crippen LogP contribution in [-0.4, -0.2) is 4.89 Å². The second-order valence-electron chi connectivity index (χ2n) is 3.01. The minimum absolute atomic E-state index is 1.05. The number of hydrogen-bond donors (Lipinski definition) is 1. The smallest absolute Gasteiger partial charge is 0.128 e. The molecule has 1 atom stereocenters. The SMILES string of the molecule is Cc1cc(C)c(P(O)Br)c(C)c1. The van der Waals surface area contributed by atoms with Crippen molar-refractivity contribution in [1.82, 2.24) is 0 Å². The Kier molecular flexibility index (Phi) is 3.28. The number of benzene rings is 1. The van der Waals surface area contributed by atoms with E-state index in [1.807, 2.05) is 13.8 Å². The number of halogens is 1. The summed E-state index contributed by atoms with van der Waals surface area (Å²) in [5.74, 6) is 0. The van der Waals surface area contributed by atoms with Crippen molar-refractivity contribution in [1.29, 1.82) is 0 Å². The predicted molar refractivity (Wildman–Crippen MR) is 58.4 cm³/mol. The van der Waals surface area contributed by atoms with Crippen LogP contribution in [0.4, 0.5) is 0 Å². The van der Waals surface area contributed by atoms with E-state index >= 15 is 0 Å². The zero-order chi connectivity index (χ0) is 9.30. The Morgan fingerprint density at radius 3 is 1.92 bits per heavy atom. The normalized spacial score (nSPS) is 13.1. The third kappa shape index (κ3) is 2.07. The van der Waals surface area contributed by atoms with Crippen molar-refractivity contribution in [2.75, 3.05) is 0 Å². The van der Waals surface area contributed by atoms with E-state index in [1.54, 1.807) is 0 Å². The average Bonchev–Trinajstić information content (AvgIpc) is 1.82. The van der Waals surface area contributed by atoms with Crippen molar-refractivity contribution in [3.05, 3.63) is 28.8 Å². The Morgan fingerprint density at radius 2 is 1.58 bits per heavy atom. The maximum Gasteiger partial charge on any atom is 0.128 e. The van der Waals surface area contributed by atoms with E-state index < -0.39 is 6.85 Å². The molecule has 1 rings (SSSR count). The fourth-order valence-electron chi connectivity index (χ4n) is 1.46. The van der Waals surface area contributed by atoms with E-state index in [-0.39, 0.29) is 0 Å².